The lowest BCUT2D eigenvalue weighted by molar-refractivity contribution is -0.137. The van der Waals surface area contributed by atoms with E-state index in [1.807, 2.05) is 55.7 Å². The van der Waals surface area contributed by atoms with Gasteiger partial charge in [-0.15, -0.1) is 0 Å². The van der Waals surface area contributed by atoms with Gasteiger partial charge in [-0.25, -0.2) is 0 Å². The second kappa shape index (κ2) is 8.57. The summed E-state index contributed by atoms with van der Waals surface area (Å²) in [7, 11) is 0. The molecular formula is C25H20F3N3O2S. The quantitative estimate of drug-likeness (QED) is 0.314. The van der Waals surface area contributed by atoms with Crippen LogP contribution in [0.15, 0.2) is 60.2 Å². The summed E-state index contributed by atoms with van der Waals surface area (Å²) in [6.45, 7) is 5.75. The fourth-order valence-corrected chi connectivity index (χ4v) is 4.17. The van der Waals surface area contributed by atoms with Gasteiger partial charge < -0.3 is 4.57 Å². The molecule has 1 aliphatic heterocycles. The molecule has 1 N–H and O–H groups in total. The summed E-state index contributed by atoms with van der Waals surface area (Å²) < 4.78 is 41.5. The van der Waals surface area contributed by atoms with Gasteiger partial charge in [-0.1, -0.05) is 23.8 Å². The molecule has 2 heterocycles. The van der Waals surface area contributed by atoms with Crippen LogP contribution < -0.4 is 10.2 Å². The molecule has 174 valence electrons. The van der Waals surface area contributed by atoms with Crippen LogP contribution in [-0.4, -0.2) is 21.5 Å². The molecule has 4 rings (SSSR count). The van der Waals surface area contributed by atoms with Gasteiger partial charge in [0.1, 0.15) is 5.57 Å². The van der Waals surface area contributed by atoms with Gasteiger partial charge in [0, 0.05) is 17.1 Å². The van der Waals surface area contributed by atoms with Crippen LogP contribution in [0.1, 0.15) is 28.1 Å². The monoisotopic (exact) mass is 483 g/mol. The van der Waals surface area contributed by atoms with Crippen molar-refractivity contribution in [2.45, 2.75) is 26.9 Å². The van der Waals surface area contributed by atoms with Gasteiger partial charge in [0.25, 0.3) is 11.8 Å². The third-order valence-corrected chi connectivity index (χ3v) is 5.88. The molecule has 3 aromatic rings. The fourth-order valence-electron chi connectivity index (χ4n) is 3.89. The summed E-state index contributed by atoms with van der Waals surface area (Å²) in [4.78, 5) is 26.8. The molecule has 34 heavy (non-hydrogen) atoms. The van der Waals surface area contributed by atoms with Crippen LogP contribution in [0.4, 0.5) is 18.9 Å². The lowest BCUT2D eigenvalue weighted by Crippen LogP contribution is -2.54. The van der Waals surface area contributed by atoms with E-state index in [0.717, 1.165) is 39.7 Å². The molecule has 0 aliphatic carbocycles. The highest BCUT2D eigenvalue weighted by Gasteiger charge is 2.36. The Kier molecular flexibility index (Phi) is 5.91. The Morgan fingerprint density at radius 3 is 2.26 bits per heavy atom. The van der Waals surface area contributed by atoms with E-state index in [1.54, 1.807) is 0 Å². The van der Waals surface area contributed by atoms with E-state index in [9.17, 15) is 22.8 Å². The number of anilines is 1. The predicted molar refractivity (Wildman–Crippen MR) is 128 cm³/mol. The predicted octanol–water partition coefficient (Wildman–Crippen LogP) is 5.25. The largest absolute Gasteiger partial charge is 0.416 e. The summed E-state index contributed by atoms with van der Waals surface area (Å²) in [5.74, 6) is -1.51. The Bertz CT molecular complexity index is 1350. The van der Waals surface area contributed by atoms with Crippen molar-refractivity contribution in [3.05, 3.63) is 88.2 Å². The van der Waals surface area contributed by atoms with Crippen LogP contribution in [0.5, 0.6) is 0 Å². The standard InChI is InChI=1S/C25H20F3N3O2S/c1-14-7-9-19(10-8-14)30-15(2)11-17(16(30)3)12-21-22(32)29-24(34)31(23(21)33)20-6-4-5-18(13-20)25(26,27)28/h4-13H,1-3H3,(H,29,32,34). The topological polar surface area (TPSA) is 54.3 Å². The molecule has 1 fully saturated rings. The highest BCUT2D eigenvalue weighted by Crippen LogP contribution is 2.33. The number of nitrogens with one attached hydrogen (secondary N) is 1. The van der Waals surface area contributed by atoms with E-state index < -0.39 is 23.6 Å². The van der Waals surface area contributed by atoms with Crippen molar-refractivity contribution >= 4 is 40.9 Å². The number of benzene rings is 2. The fraction of sp³-hybridized carbons (Fsp3) is 0.160. The number of alkyl halides is 3. The SMILES string of the molecule is Cc1ccc(-n2c(C)cc(C=C3C(=O)NC(=S)N(c4cccc(C(F)(F)F)c4)C3=O)c2C)cc1. The second-order valence-electron chi connectivity index (χ2n) is 8.00. The number of carbonyl (C=O) groups is 2. The number of hydrogen-bond donors (Lipinski definition) is 1. The molecule has 0 atom stereocenters. The van der Waals surface area contributed by atoms with Crippen LogP contribution >= 0.6 is 12.2 Å². The van der Waals surface area contributed by atoms with Gasteiger partial charge in [0.05, 0.1) is 11.3 Å². The maximum absolute atomic E-state index is 13.2. The van der Waals surface area contributed by atoms with Crippen molar-refractivity contribution in [1.82, 2.24) is 9.88 Å². The van der Waals surface area contributed by atoms with Gasteiger partial charge in [0.2, 0.25) is 0 Å². The average Bonchev–Trinajstić information content (AvgIpc) is 3.04. The molecule has 2 aromatic carbocycles. The van der Waals surface area contributed by atoms with Gasteiger partial charge in [-0.2, -0.15) is 13.2 Å². The number of rotatable bonds is 3. The summed E-state index contributed by atoms with van der Waals surface area (Å²) in [5.41, 5.74) is 3.13. The van der Waals surface area contributed by atoms with Crippen LogP contribution in [0.25, 0.3) is 11.8 Å². The molecule has 1 aromatic heterocycles. The first-order chi connectivity index (χ1) is 16.0. The van der Waals surface area contributed by atoms with Crippen molar-refractivity contribution in [2.75, 3.05) is 4.90 Å². The molecule has 9 heteroatoms. The number of aromatic nitrogens is 1. The number of nitrogens with zero attached hydrogens (tertiary/aromatic N) is 2. The third-order valence-electron chi connectivity index (χ3n) is 5.60. The molecule has 0 bridgehead atoms. The number of aryl methyl sites for hydroxylation is 2. The van der Waals surface area contributed by atoms with Crippen LogP contribution in [0, 0.1) is 20.8 Å². The Morgan fingerprint density at radius 1 is 0.941 bits per heavy atom. The number of amides is 2. The summed E-state index contributed by atoms with van der Waals surface area (Å²) >= 11 is 5.10. The number of thiocarbonyl (C=S) groups is 1. The molecular weight excluding hydrogens is 463 g/mol. The van der Waals surface area contributed by atoms with E-state index in [4.69, 9.17) is 12.2 Å². The van der Waals surface area contributed by atoms with Crippen molar-refractivity contribution in [2.24, 2.45) is 0 Å². The van der Waals surface area contributed by atoms with Crippen molar-refractivity contribution in [3.63, 3.8) is 0 Å². The normalized spacial score (nSPS) is 15.8. The first kappa shape index (κ1) is 23.4. The minimum atomic E-state index is -4.59. The van der Waals surface area contributed by atoms with Crippen molar-refractivity contribution < 1.29 is 22.8 Å². The van der Waals surface area contributed by atoms with E-state index in [-0.39, 0.29) is 16.4 Å². The molecule has 0 spiro atoms. The zero-order valence-corrected chi connectivity index (χ0v) is 19.3. The maximum atomic E-state index is 13.2. The first-order valence-corrected chi connectivity index (χ1v) is 10.7. The summed E-state index contributed by atoms with van der Waals surface area (Å²) in [6.07, 6.45) is -3.15. The Hall–Kier alpha value is -3.72. The molecule has 0 unspecified atom stereocenters. The van der Waals surface area contributed by atoms with Crippen LogP contribution in [-0.2, 0) is 15.8 Å². The number of halogens is 3. The van der Waals surface area contributed by atoms with E-state index in [2.05, 4.69) is 5.32 Å². The van der Waals surface area contributed by atoms with Crippen molar-refractivity contribution in [3.8, 4) is 5.69 Å². The zero-order chi connectivity index (χ0) is 24.8. The molecule has 2 amide bonds. The van der Waals surface area contributed by atoms with E-state index in [1.165, 1.54) is 18.2 Å². The smallest absolute Gasteiger partial charge is 0.318 e. The minimum absolute atomic E-state index is 0.0825. The van der Waals surface area contributed by atoms with Gasteiger partial charge in [0.15, 0.2) is 5.11 Å². The lowest BCUT2D eigenvalue weighted by Gasteiger charge is -2.29. The summed E-state index contributed by atoms with van der Waals surface area (Å²) in [6, 6.07) is 14.0. The Morgan fingerprint density at radius 2 is 1.62 bits per heavy atom. The molecule has 0 radical (unpaired) electrons. The maximum Gasteiger partial charge on any atom is 0.416 e. The van der Waals surface area contributed by atoms with E-state index in [0.29, 0.717) is 5.56 Å². The first-order valence-electron chi connectivity index (χ1n) is 10.3. The molecule has 1 aliphatic rings. The Balaban J connectivity index is 1.75. The van der Waals surface area contributed by atoms with Crippen molar-refractivity contribution in [1.29, 1.82) is 0 Å². The van der Waals surface area contributed by atoms with Gasteiger partial charge in [-0.3, -0.25) is 19.8 Å². The summed E-state index contributed by atoms with van der Waals surface area (Å²) in [5, 5.41) is 2.13. The third kappa shape index (κ3) is 4.26. The molecule has 0 saturated carbocycles. The highest BCUT2D eigenvalue weighted by atomic mass is 32.1. The van der Waals surface area contributed by atoms with Crippen LogP contribution in [0.2, 0.25) is 0 Å². The van der Waals surface area contributed by atoms with E-state index >= 15 is 0 Å². The van der Waals surface area contributed by atoms with Gasteiger partial charge >= 0.3 is 6.18 Å². The average molecular weight is 484 g/mol. The molecule has 1 saturated heterocycles. The Labute approximate surface area is 199 Å². The number of carbonyl (C=O) groups excluding carboxylic acids is 2. The minimum Gasteiger partial charge on any atom is -0.318 e. The highest BCUT2D eigenvalue weighted by molar-refractivity contribution is 7.80. The molecule has 5 nitrogen and oxygen atoms in total. The zero-order valence-electron chi connectivity index (χ0n) is 18.5. The second-order valence-corrected chi connectivity index (χ2v) is 8.39. The number of hydrogen-bond acceptors (Lipinski definition) is 3. The van der Waals surface area contributed by atoms with Crippen LogP contribution in [0.3, 0.4) is 0 Å². The lowest BCUT2D eigenvalue weighted by atomic mass is 10.1. The van der Waals surface area contributed by atoms with Gasteiger partial charge in [-0.05, 0) is 81.0 Å².